The molecule has 8 heteroatoms. The van der Waals surface area contributed by atoms with Crippen LogP contribution in [0.2, 0.25) is 0 Å². The monoisotopic (exact) mass is 356 g/mol. The van der Waals surface area contributed by atoms with Gasteiger partial charge in [-0.3, -0.25) is 0 Å². The molecule has 0 aromatic carbocycles. The molecular weight excluding hydrogens is 348 g/mol. The molecule has 0 atom stereocenters. The van der Waals surface area contributed by atoms with E-state index in [9.17, 15) is 9.59 Å². The standard InChI is InChI=1S/C8H10Br2N2O4/c1-5(13)15-11-7(3-9)8(4-10)12-16-6(2)14/h3-4H2,1-2H3/b11-7+,12-8+. The average Bonchev–Trinajstić information content (AvgIpc) is 2.22. The van der Waals surface area contributed by atoms with Gasteiger partial charge in [0.05, 0.1) is 10.7 Å². The topological polar surface area (TPSA) is 77.3 Å². The predicted molar refractivity (Wildman–Crippen MR) is 66.0 cm³/mol. The Morgan fingerprint density at radius 3 is 1.44 bits per heavy atom. The number of carbonyl (C=O) groups is 2. The van der Waals surface area contributed by atoms with Gasteiger partial charge in [0, 0.05) is 13.8 Å². The van der Waals surface area contributed by atoms with Gasteiger partial charge in [-0.1, -0.05) is 42.2 Å². The Morgan fingerprint density at radius 2 is 1.25 bits per heavy atom. The van der Waals surface area contributed by atoms with Crippen LogP contribution in [0.3, 0.4) is 0 Å². The third-order valence-electron chi connectivity index (χ3n) is 1.16. The maximum absolute atomic E-state index is 10.6. The minimum absolute atomic E-state index is 0.311. The van der Waals surface area contributed by atoms with Crippen molar-refractivity contribution in [1.82, 2.24) is 0 Å². The average molecular weight is 358 g/mol. The highest BCUT2D eigenvalue weighted by molar-refractivity contribution is 9.10. The molecule has 0 radical (unpaired) electrons. The second-order valence-electron chi connectivity index (χ2n) is 2.51. The molecule has 0 fully saturated rings. The van der Waals surface area contributed by atoms with Gasteiger partial charge < -0.3 is 9.68 Å². The van der Waals surface area contributed by atoms with Crippen molar-refractivity contribution in [3.05, 3.63) is 0 Å². The zero-order valence-corrected chi connectivity index (χ0v) is 11.9. The Balaban J connectivity index is 4.74. The zero-order valence-electron chi connectivity index (χ0n) is 8.70. The Labute approximate surface area is 109 Å². The van der Waals surface area contributed by atoms with Gasteiger partial charge in [0.2, 0.25) is 0 Å². The summed E-state index contributed by atoms with van der Waals surface area (Å²) in [5.41, 5.74) is 0.710. The van der Waals surface area contributed by atoms with Gasteiger partial charge in [-0.2, -0.15) is 0 Å². The molecule has 0 bridgehead atoms. The van der Waals surface area contributed by atoms with Gasteiger partial charge >= 0.3 is 11.9 Å². The molecule has 0 rings (SSSR count). The summed E-state index contributed by atoms with van der Waals surface area (Å²) in [6, 6.07) is 0. The lowest BCUT2D eigenvalue weighted by atomic mass is 10.3. The summed E-state index contributed by atoms with van der Waals surface area (Å²) in [4.78, 5) is 30.0. The van der Waals surface area contributed by atoms with Crippen molar-refractivity contribution in [2.75, 3.05) is 10.7 Å². The van der Waals surface area contributed by atoms with Gasteiger partial charge in [-0.15, -0.1) is 0 Å². The van der Waals surface area contributed by atoms with Gasteiger partial charge in [0.15, 0.2) is 0 Å². The minimum atomic E-state index is -0.542. The van der Waals surface area contributed by atoms with Gasteiger partial charge in [0.25, 0.3) is 0 Å². The number of carbonyl (C=O) groups excluding carboxylic acids is 2. The fraction of sp³-hybridized carbons (Fsp3) is 0.500. The second kappa shape index (κ2) is 8.40. The van der Waals surface area contributed by atoms with Crippen LogP contribution in [-0.4, -0.2) is 34.0 Å². The van der Waals surface area contributed by atoms with Crippen LogP contribution in [0.5, 0.6) is 0 Å². The molecule has 0 aliphatic carbocycles. The van der Waals surface area contributed by atoms with E-state index in [0.717, 1.165) is 0 Å². The van der Waals surface area contributed by atoms with Gasteiger partial charge in [0.1, 0.15) is 11.4 Å². The SMILES string of the molecule is CC(=O)O/N=C(CBr)/C(CBr)=N/OC(C)=O. The molecule has 0 aliphatic heterocycles. The molecule has 90 valence electrons. The van der Waals surface area contributed by atoms with Crippen molar-refractivity contribution in [3.63, 3.8) is 0 Å². The van der Waals surface area contributed by atoms with E-state index in [0.29, 0.717) is 22.1 Å². The lowest BCUT2D eigenvalue weighted by Gasteiger charge is -2.02. The summed E-state index contributed by atoms with van der Waals surface area (Å²) in [5, 5.41) is 7.74. The molecule has 6 nitrogen and oxygen atoms in total. The molecule has 0 N–H and O–H groups in total. The Bertz CT molecular complexity index is 296. The Kier molecular flexibility index (Phi) is 8.00. The van der Waals surface area contributed by atoms with Crippen LogP contribution in [0.15, 0.2) is 10.3 Å². The molecule has 0 unspecified atom stereocenters. The van der Waals surface area contributed by atoms with Gasteiger partial charge in [-0.05, 0) is 0 Å². The first-order chi connectivity index (χ1) is 7.51. The van der Waals surface area contributed by atoms with Crippen molar-refractivity contribution >= 4 is 55.2 Å². The minimum Gasteiger partial charge on any atom is -0.318 e. The van der Waals surface area contributed by atoms with E-state index in [4.69, 9.17) is 0 Å². The van der Waals surface area contributed by atoms with Gasteiger partial charge in [-0.25, -0.2) is 9.59 Å². The first kappa shape index (κ1) is 15.2. The van der Waals surface area contributed by atoms with Crippen LogP contribution in [0.4, 0.5) is 0 Å². The fourth-order valence-corrected chi connectivity index (χ4v) is 1.40. The third-order valence-corrected chi connectivity index (χ3v) is 2.22. The van der Waals surface area contributed by atoms with Crippen LogP contribution in [0.1, 0.15) is 13.8 Å². The van der Waals surface area contributed by atoms with Crippen molar-refractivity contribution in [1.29, 1.82) is 0 Å². The number of hydrogen-bond acceptors (Lipinski definition) is 6. The van der Waals surface area contributed by atoms with Crippen LogP contribution in [0.25, 0.3) is 0 Å². The molecule has 16 heavy (non-hydrogen) atoms. The van der Waals surface area contributed by atoms with Crippen LogP contribution in [-0.2, 0) is 19.3 Å². The third kappa shape index (κ3) is 6.67. The summed E-state index contributed by atoms with van der Waals surface area (Å²) >= 11 is 6.30. The fourth-order valence-electron chi connectivity index (χ4n) is 0.547. The lowest BCUT2D eigenvalue weighted by Crippen LogP contribution is -2.19. The van der Waals surface area contributed by atoms with Crippen molar-refractivity contribution in [2.45, 2.75) is 13.8 Å². The molecule has 0 saturated heterocycles. The Morgan fingerprint density at radius 1 is 0.938 bits per heavy atom. The second-order valence-corrected chi connectivity index (χ2v) is 3.63. The maximum Gasteiger partial charge on any atom is 0.331 e. The summed E-state index contributed by atoms with van der Waals surface area (Å²) in [7, 11) is 0. The van der Waals surface area contributed by atoms with E-state index in [1.807, 2.05) is 0 Å². The quantitative estimate of drug-likeness (QED) is 0.324. The molecule has 0 aromatic heterocycles. The molecule has 0 aromatic rings. The lowest BCUT2D eigenvalue weighted by molar-refractivity contribution is -0.142. The van der Waals surface area contributed by atoms with Crippen molar-refractivity contribution < 1.29 is 19.3 Å². The summed E-state index contributed by atoms with van der Waals surface area (Å²) < 4.78 is 0. The summed E-state index contributed by atoms with van der Waals surface area (Å²) in [6.07, 6.45) is 0. The largest absolute Gasteiger partial charge is 0.331 e. The molecular formula is C8H10Br2N2O4. The van der Waals surface area contributed by atoms with E-state index < -0.39 is 11.9 Å². The molecule has 0 saturated carbocycles. The van der Waals surface area contributed by atoms with E-state index in [1.165, 1.54) is 13.8 Å². The van der Waals surface area contributed by atoms with Crippen molar-refractivity contribution in [3.8, 4) is 0 Å². The summed E-state index contributed by atoms with van der Waals surface area (Å²) in [6.45, 7) is 2.46. The number of halogens is 2. The van der Waals surface area contributed by atoms with Crippen LogP contribution in [0, 0.1) is 0 Å². The smallest absolute Gasteiger partial charge is 0.318 e. The maximum atomic E-state index is 10.6. The van der Waals surface area contributed by atoms with E-state index in [-0.39, 0.29) is 0 Å². The van der Waals surface area contributed by atoms with E-state index >= 15 is 0 Å². The highest BCUT2D eigenvalue weighted by Crippen LogP contribution is 1.98. The number of alkyl halides is 2. The number of nitrogens with zero attached hydrogens (tertiary/aromatic N) is 2. The highest BCUT2D eigenvalue weighted by Gasteiger charge is 2.10. The van der Waals surface area contributed by atoms with E-state index in [2.05, 4.69) is 51.8 Å². The number of rotatable bonds is 5. The van der Waals surface area contributed by atoms with Crippen LogP contribution < -0.4 is 0 Å². The molecule has 0 amide bonds. The first-order valence-electron chi connectivity index (χ1n) is 4.12. The Hall–Kier alpha value is -0.760. The zero-order chi connectivity index (χ0) is 12.6. The normalized spacial score (nSPS) is 12.2. The predicted octanol–water partition coefficient (Wildman–Crippen LogP) is 1.61. The number of oxime groups is 2. The van der Waals surface area contributed by atoms with E-state index in [1.54, 1.807) is 0 Å². The summed E-state index contributed by atoms with van der Waals surface area (Å²) in [5.74, 6) is -1.08. The van der Waals surface area contributed by atoms with Crippen molar-refractivity contribution in [2.24, 2.45) is 10.3 Å². The molecule has 0 aliphatic rings. The number of hydrogen-bond donors (Lipinski definition) is 0. The molecule has 0 heterocycles. The highest BCUT2D eigenvalue weighted by atomic mass is 79.9. The molecule has 0 spiro atoms. The van der Waals surface area contributed by atoms with Crippen LogP contribution >= 0.6 is 31.9 Å². The first-order valence-corrected chi connectivity index (χ1v) is 6.36.